The topological polar surface area (TPSA) is 84.0 Å². The maximum atomic E-state index is 12.6. The average molecular weight is 387 g/mol. The lowest BCUT2D eigenvalue weighted by Gasteiger charge is -2.08. The Balaban J connectivity index is 1.85. The van der Waals surface area contributed by atoms with Crippen molar-refractivity contribution in [2.24, 2.45) is 0 Å². The van der Waals surface area contributed by atoms with Crippen molar-refractivity contribution in [3.8, 4) is 11.4 Å². The number of carbonyl (C=O) groups is 2. The van der Waals surface area contributed by atoms with Gasteiger partial charge in [-0.1, -0.05) is 29.8 Å². The molecule has 0 fully saturated rings. The minimum absolute atomic E-state index is 0.286. The fourth-order valence-electron chi connectivity index (χ4n) is 2.32. The molecule has 2 N–H and O–H groups in total. The third kappa shape index (κ3) is 4.25. The van der Waals surface area contributed by atoms with Gasteiger partial charge >= 0.3 is 0 Å². The van der Waals surface area contributed by atoms with E-state index < -0.39 is 0 Å². The number of halogens is 1. The summed E-state index contributed by atoms with van der Waals surface area (Å²) in [6, 6.07) is 12.6. The first-order valence-electron chi connectivity index (χ1n) is 7.76. The maximum absolute atomic E-state index is 12.6. The van der Waals surface area contributed by atoms with Crippen LogP contribution in [0.4, 0.5) is 5.69 Å². The Morgan fingerprint density at radius 2 is 2.04 bits per heavy atom. The highest BCUT2D eigenvalue weighted by molar-refractivity contribution is 7.09. The SMILES string of the molecule is CC(=O)Nc1c(-c2ccccn2)nsc1C(=O)NCc1cccc(Cl)c1. The van der Waals surface area contributed by atoms with E-state index in [1.807, 2.05) is 18.2 Å². The molecule has 0 saturated heterocycles. The second kappa shape index (κ2) is 8.07. The van der Waals surface area contributed by atoms with Crippen molar-refractivity contribution in [1.29, 1.82) is 0 Å². The summed E-state index contributed by atoms with van der Waals surface area (Å²) in [6.45, 7) is 1.70. The predicted molar refractivity (Wildman–Crippen MR) is 102 cm³/mol. The van der Waals surface area contributed by atoms with E-state index in [2.05, 4.69) is 20.0 Å². The molecule has 1 aromatic carbocycles. The molecule has 2 amide bonds. The number of pyridine rings is 1. The van der Waals surface area contributed by atoms with Gasteiger partial charge in [-0.15, -0.1) is 0 Å². The summed E-state index contributed by atoms with van der Waals surface area (Å²) >= 11 is 6.97. The van der Waals surface area contributed by atoms with Gasteiger partial charge in [0.25, 0.3) is 5.91 Å². The van der Waals surface area contributed by atoms with Crippen LogP contribution < -0.4 is 10.6 Å². The van der Waals surface area contributed by atoms with Gasteiger partial charge < -0.3 is 10.6 Å². The maximum Gasteiger partial charge on any atom is 0.265 e. The molecule has 0 bridgehead atoms. The van der Waals surface area contributed by atoms with E-state index in [4.69, 9.17) is 11.6 Å². The molecule has 0 saturated carbocycles. The number of benzene rings is 1. The molecule has 0 atom stereocenters. The van der Waals surface area contributed by atoms with Crippen LogP contribution >= 0.6 is 23.1 Å². The van der Waals surface area contributed by atoms with Crippen LogP contribution in [0.2, 0.25) is 5.02 Å². The molecule has 0 spiro atoms. The Hall–Kier alpha value is -2.77. The summed E-state index contributed by atoms with van der Waals surface area (Å²) in [6.07, 6.45) is 1.63. The van der Waals surface area contributed by atoms with E-state index in [1.54, 1.807) is 30.5 Å². The van der Waals surface area contributed by atoms with Crippen LogP contribution in [0.3, 0.4) is 0 Å². The molecule has 3 aromatic rings. The van der Waals surface area contributed by atoms with Crippen LogP contribution in [0.25, 0.3) is 11.4 Å². The Morgan fingerprint density at radius 1 is 1.19 bits per heavy atom. The highest BCUT2D eigenvalue weighted by Gasteiger charge is 2.22. The van der Waals surface area contributed by atoms with Crippen molar-refractivity contribution in [3.05, 3.63) is 64.1 Å². The summed E-state index contributed by atoms with van der Waals surface area (Å²) in [7, 11) is 0. The van der Waals surface area contributed by atoms with Gasteiger partial charge in [0.1, 0.15) is 10.6 Å². The van der Waals surface area contributed by atoms with Gasteiger partial charge in [-0.3, -0.25) is 14.6 Å². The number of nitrogens with one attached hydrogen (secondary N) is 2. The predicted octanol–water partition coefficient (Wildman–Crippen LogP) is 3.75. The third-order valence-corrected chi connectivity index (χ3v) is 4.53. The number of aromatic nitrogens is 2. The van der Waals surface area contributed by atoms with E-state index in [9.17, 15) is 9.59 Å². The molecule has 6 nitrogen and oxygen atoms in total. The van der Waals surface area contributed by atoms with Crippen molar-refractivity contribution in [2.45, 2.75) is 13.5 Å². The minimum atomic E-state index is -0.326. The van der Waals surface area contributed by atoms with Crippen LogP contribution in [0.5, 0.6) is 0 Å². The molecule has 0 aliphatic heterocycles. The fourth-order valence-corrected chi connectivity index (χ4v) is 3.30. The largest absolute Gasteiger partial charge is 0.347 e. The molecule has 0 radical (unpaired) electrons. The summed E-state index contributed by atoms with van der Waals surface area (Å²) in [5.74, 6) is -0.611. The molecule has 8 heteroatoms. The van der Waals surface area contributed by atoms with Gasteiger partial charge in [0.2, 0.25) is 5.91 Å². The zero-order valence-electron chi connectivity index (χ0n) is 13.8. The third-order valence-electron chi connectivity index (χ3n) is 3.45. The van der Waals surface area contributed by atoms with Crippen LogP contribution in [-0.2, 0) is 11.3 Å². The normalized spacial score (nSPS) is 10.4. The molecule has 2 aromatic heterocycles. The van der Waals surface area contributed by atoms with E-state index in [0.717, 1.165) is 17.1 Å². The lowest BCUT2D eigenvalue weighted by Crippen LogP contribution is -2.23. The molecule has 0 aliphatic rings. The molecule has 132 valence electrons. The quantitative estimate of drug-likeness (QED) is 0.699. The standard InChI is InChI=1S/C18H15ClN4O2S/c1-11(24)22-16-15(14-7-2-3-8-20-14)23-26-17(16)18(25)21-10-12-5-4-6-13(19)9-12/h2-9H,10H2,1H3,(H,21,25)(H,22,24). The van der Waals surface area contributed by atoms with E-state index in [1.165, 1.54) is 6.92 Å². The van der Waals surface area contributed by atoms with Crippen LogP contribution in [0.1, 0.15) is 22.2 Å². The molecular weight excluding hydrogens is 372 g/mol. The van der Waals surface area contributed by atoms with Gasteiger partial charge in [0, 0.05) is 24.7 Å². The average Bonchev–Trinajstić information content (AvgIpc) is 3.03. The number of amides is 2. The van der Waals surface area contributed by atoms with Crippen molar-refractivity contribution < 1.29 is 9.59 Å². The van der Waals surface area contributed by atoms with Crippen molar-refractivity contribution in [1.82, 2.24) is 14.7 Å². The first-order valence-corrected chi connectivity index (χ1v) is 8.91. The van der Waals surface area contributed by atoms with Crippen LogP contribution in [0, 0.1) is 0 Å². The number of nitrogens with zero attached hydrogens (tertiary/aromatic N) is 2. The van der Waals surface area contributed by atoms with Gasteiger partial charge in [0.15, 0.2) is 0 Å². The summed E-state index contributed by atoms with van der Waals surface area (Å²) < 4.78 is 4.31. The zero-order valence-corrected chi connectivity index (χ0v) is 15.4. The number of carbonyl (C=O) groups excluding carboxylic acids is 2. The monoisotopic (exact) mass is 386 g/mol. The zero-order chi connectivity index (χ0) is 18.5. The van der Waals surface area contributed by atoms with Gasteiger partial charge in [-0.05, 0) is 41.4 Å². The van der Waals surface area contributed by atoms with Crippen molar-refractivity contribution in [2.75, 3.05) is 5.32 Å². The van der Waals surface area contributed by atoms with Gasteiger partial charge in [-0.2, -0.15) is 4.37 Å². The molecule has 3 rings (SSSR count). The smallest absolute Gasteiger partial charge is 0.265 e. The number of rotatable bonds is 5. The van der Waals surface area contributed by atoms with Crippen molar-refractivity contribution >= 4 is 40.6 Å². The molecule has 26 heavy (non-hydrogen) atoms. The summed E-state index contributed by atoms with van der Waals surface area (Å²) in [5.41, 5.74) is 2.30. The number of hydrogen-bond acceptors (Lipinski definition) is 5. The molecule has 2 heterocycles. The van der Waals surface area contributed by atoms with Crippen LogP contribution in [-0.4, -0.2) is 21.2 Å². The lowest BCUT2D eigenvalue weighted by molar-refractivity contribution is -0.114. The van der Waals surface area contributed by atoms with Crippen molar-refractivity contribution in [3.63, 3.8) is 0 Å². The van der Waals surface area contributed by atoms with Crippen LogP contribution in [0.15, 0.2) is 48.7 Å². The fraction of sp³-hybridized carbons (Fsp3) is 0.111. The highest BCUT2D eigenvalue weighted by atomic mass is 35.5. The molecular formula is C18H15ClN4O2S. The molecule has 0 unspecified atom stereocenters. The molecule has 0 aliphatic carbocycles. The first-order chi connectivity index (χ1) is 12.5. The summed E-state index contributed by atoms with van der Waals surface area (Å²) in [5, 5.41) is 6.12. The summed E-state index contributed by atoms with van der Waals surface area (Å²) in [4.78, 5) is 28.8. The number of anilines is 1. The Morgan fingerprint density at radius 3 is 2.73 bits per heavy atom. The van der Waals surface area contributed by atoms with E-state index >= 15 is 0 Å². The highest BCUT2D eigenvalue weighted by Crippen LogP contribution is 2.32. The second-order valence-electron chi connectivity index (χ2n) is 5.44. The Labute approximate surface area is 159 Å². The van der Waals surface area contributed by atoms with Gasteiger partial charge in [-0.25, -0.2) is 0 Å². The Bertz CT molecular complexity index is 943. The van der Waals surface area contributed by atoms with E-state index in [0.29, 0.717) is 33.5 Å². The minimum Gasteiger partial charge on any atom is -0.347 e. The van der Waals surface area contributed by atoms with E-state index in [-0.39, 0.29) is 11.8 Å². The number of hydrogen-bond donors (Lipinski definition) is 2. The van der Waals surface area contributed by atoms with Gasteiger partial charge in [0.05, 0.1) is 11.4 Å². The first kappa shape index (κ1) is 18.0. The second-order valence-corrected chi connectivity index (χ2v) is 6.65. The Kier molecular flexibility index (Phi) is 5.60. The lowest BCUT2D eigenvalue weighted by atomic mass is 10.2.